The highest BCUT2D eigenvalue weighted by molar-refractivity contribution is 9.11. The molecule has 0 aliphatic carbocycles. The SMILES string of the molecule is BrCc1ccc2c(c1)c1ccccc1n2-c1ccc(Br)cc1.Cc1cc(COS(=O)(=O)C(F)(F)F)cc(C)c1-n1c2ccc(-c3ccccc3)cc2c2cc(-c3ccccc3)ccc21.Cc1cc(N(c2ccc(Br)cc2)c2ccc(Br)cc2)cc(C)c1CBr.O[B]Oc1ccc2c(c1)c1ccccc1n2-c1ccc(CBr)cc1. The number of rotatable bonds is 16. The average Bonchev–Trinajstić information content (AvgIpc) is 1.58. The van der Waals surface area contributed by atoms with E-state index in [1.807, 2.05) is 80.6 Å². The molecule has 0 aliphatic heterocycles. The number of aromatic nitrogens is 3. The maximum Gasteiger partial charge on any atom is 0.569 e. The van der Waals surface area contributed by atoms with Crippen LogP contribution in [0.15, 0.2) is 317 Å². The van der Waals surface area contributed by atoms with E-state index >= 15 is 0 Å². The van der Waals surface area contributed by atoms with Crippen molar-refractivity contribution >= 4 is 196 Å². The number of anilines is 3. The molecule has 1 N–H and O–H groups in total. The van der Waals surface area contributed by atoms with E-state index in [1.165, 1.54) is 61.0 Å². The first-order valence-electron chi connectivity index (χ1n) is 36.0. The van der Waals surface area contributed by atoms with Gasteiger partial charge < -0.3 is 28.3 Å². The number of nitrogens with zero attached hydrogens (tertiary/aromatic N) is 4. The molecule has 0 spiro atoms. The van der Waals surface area contributed by atoms with Crippen molar-refractivity contribution in [2.45, 2.75) is 55.8 Å². The quantitative estimate of drug-likeness (QED) is 0.0449. The van der Waals surface area contributed by atoms with Crippen LogP contribution in [0.5, 0.6) is 5.75 Å². The third-order valence-electron chi connectivity index (χ3n) is 19.8. The Balaban J connectivity index is 0.000000130. The number of aryl methyl sites for hydroxylation is 4. The van der Waals surface area contributed by atoms with Gasteiger partial charge >= 0.3 is 23.3 Å². The number of alkyl halides is 6. The highest BCUT2D eigenvalue weighted by Crippen LogP contribution is 2.43. The van der Waals surface area contributed by atoms with Crippen LogP contribution >= 0.6 is 95.6 Å². The van der Waals surface area contributed by atoms with Crippen molar-refractivity contribution in [3.05, 3.63) is 361 Å². The molecule has 20 heteroatoms. The fourth-order valence-electron chi connectivity index (χ4n) is 14.6. The van der Waals surface area contributed by atoms with Gasteiger partial charge in [0, 0.05) is 90.2 Å². The molecule has 565 valence electrons. The third kappa shape index (κ3) is 17.4. The normalized spacial score (nSPS) is 11.5. The minimum atomic E-state index is -5.69. The molecule has 3 aromatic heterocycles. The summed E-state index contributed by atoms with van der Waals surface area (Å²) in [6.45, 7) is 7.36. The second-order valence-corrected chi connectivity index (χ2v) is 33.2. The van der Waals surface area contributed by atoms with Crippen molar-refractivity contribution in [2.24, 2.45) is 0 Å². The second-order valence-electron chi connectivity index (χ2n) is 27.1. The Morgan fingerprint density at radius 2 is 0.779 bits per heavy atom. The Morgan fingerprint density at radius 3 is 1.24 bits per heavy atom. The standard InChI is InChI=1S/C34H26F3NO3S.C21H18Br3N.C19H14BBrNO2.C19H13Br2N/c1-22-17-24(21-41-42(39,40)34(35,36)37)18-23(2)33(22)38-31-15-13-27(25-9-5-3-6-10-25)19-29(31)30-20-28(14-16-32(30)38)26-11-7-4-8-12-26;1-14-11-20(12-15(2)21(14)13-22)25(18-7-3-16(23)4-8-18)19-9-5-17(24)6-10-19;21-12-13-5-7-14(8-6-13)22-18-4-2-1-3-16(18)17-11-15(24-20-23)9-10-19(17)22;20-12-13-5-10-19-17(11-13)16-3-1-2-4-18(16)22(19)15-8-6-14(21)7-9-15/h3-20H,21H2,1-2H3;3-12H,13H2,1-2H3;1-11,23H,12H2;1-11H,12H2. The van der Waals surface area contributed by atoms with Gasteiger partial charge in [0.2, 0.25) is 0 Å². The lowest BCUT2D eigenvalue weighted by Crippen LogP contribution is -2.25. The molecule has 0 bridgehead atoms. The summed E-state index contributed by atoms with van der Waals surface area (Å²) in [7, 11) is -4.98. The summed E-state index contributed by atoms with van der Waals surface area (Å²) in [4.78, 5) is 2.29. The monoisotopic (exact) mass is 1900 g/mol. The molecule has 17 aromatic rings. The van der Waals surface area contributed by atoms with Gasteiger partial charge in [-0.2, -0.15) is 21.6 Å². The van der Waals surface area contributed by atoms with Gasteiger partial charge in [-0.25, -0.2) is 0 Å². The number of benzene rings is 14. The zero-order chi connectivity index (χ0) is 79.2. The van der Waals surface area contributed by atoms with E-state index in [0.717, 1.165) is 129 Å². The van der Waals surface area contributed by atoms with Gasteiger partial charge in [0.1, 0.15) is 5.75 Å². The summed E-state index contributed by atoms with van der Waals surface area (Å²) in [5, 5.41) is 18.4. The summed E-state index contributed by atoms with van der Waals surface area (Å²) < 4.78 is 80.7. The Labute approximate surface area is 705 Å². The van der Waals surface area contributed by atoms with Crippen LogP contribution in [0.3, 0.4) is 0 Å². The molecule has 113 heavy (non-hydrogen) atoms. The lowest BCUT2D eigenvalue weighted by atomic mass is 10.0. The topological polar surface area (TPSA) is 90.9 Å². The fourth-order valence-corrected chi connectivity index (χ4v) is 17.4. The fraction of sp³-hybridized carbons (Fsp3) is 0.0968. The predicted octanol–water partition coefficient (Wildman–Crippen LogP) is 28.3. The van der Waals surface area contributed by atoms with Crippen molar-refractivity contribution in [2.75, 3.05) is 4.90 Å². The molecule has 9 nitrogen and oxygen atoms in total. The second kappa shape index (κ2) is 35.2. The van der Waals surface area contributed by atoms with Crippen LogP contribution in [0.1, 0.15) is 44.5 Å². The average molecular weight is 1900 g/mol. The Kier molecular flexibility index (Phi) is 25.0. The first kappa shape index (κ1) is 80.3. The predicted molar refractivity (Wildman–Crippen MR) is 483 cm³/mol. The molecule has 0 saturated carbocycles. The van der Waals surface area contributed by atoms with E-state index in [4.69, 9.17) is 9.68 Å². The van der Waals surface area contributed by atoms with Gasteiger partial charge in [0.25, 0.3) is 0 Å². The summed E-state index contributed by atoms with van der Waals surface area (Å²) in [5.41, 5.74) is 20.6. The summed E-state index contributed by atoms with van der Waals surface area (Å²) in [6.07, 6.45) is 0. The van der Waals surface area contributed by atoms with Crippen LogP contribution < -0.4 is 9.55 Å². The first-order valence-corrected chi connectivity index (χ1v) is 43.1. The molecule has 3 heterocycles. The molecule has 0 fully saturated rings. The molecule has 0 unspecified atom stereocenters. The summed E-state index contributed by atoms with van der Waals surface area (Å²) in [5.74, 6) is 0.613. The van der Waals surface area contributed by atoms with E-state index in [9.17, 15) is 21.6 Å². The van der Waals surface area contributed by atoms with Crippen LogP contribution in [-0.2, 0) is 36.9 Å². The smallest absolute Gasteiger partial charge is 0.537 e. The van der Waals surface area contributed by atoms with E-state index in [2.05, 4.69) is 357 Å². The van der Waals surface area contributed by atoms with Gasteiger partial charge in [-0.1, -0.05) is 235 Å². The Hall–Kier alpha value is -9.32. The lowest BCUT2D eigenvalue weighted by Gasteiger charge is -2.27. The van der Waals surface area contributed by atoms with Crippen molar-refractivity contribution in [1.82, 2.24) is 13.7 Å². The van der Waals surface area contributed by atoms with Crippen molar-refractivity contribution in [3.63, 3.8) is 0 Å². The molecular formula is C93H71BBr6F3N4O5S. The molecule has 0 saturated heterocycles. The number of hydrogen-bond donors (Lipinski definition) is 1. The summed E-state index contributed by atoms with van der Waals surface area (Å²) >= 11 is 21.2. The first-order chi connectivity index (χ1) is 54.6. The van der Waals surface area contributed by atoms with Crippen LogP contribution in [0.25, 0.3) is 105 Å². The van der Waals surface area contributed by atoms with Crippen molar-refractivity contribution in [1.29, 1.82) is 0 Å². The van der Waals surface area contributed by atoms with Crippen molar-refractivity contribution < 1.29 is 35.5 Å². The van der Waals surface area contributed by atoms with Gasteiger partial charge in [-0.05, 0) is 258 Å². The number of para-hydroxylation sites is 2. The zero-order valence-electron chi connectivity index (χ0n) is 61.5. The molecule has 0 aliphatic rings. The summed E-state index contributed by atoms with van der Waals surface area (Å²) in [6, 6.07) is 104. The van der Waals surface area contributed by atoms with E-state index in [-0.39, 0.29) is 0 Å². The Bertz CT molecular complexity index is 6240. The van der Waals surface area contributed by atoms with Gasteiger partial charge in [0.15, 0.2) is 0 Å². The highest BCUT2D eigenvalue weighted by atomic mass is 79.9. The van der Waals surface area contributed by atoms with Crippen LogP contribution in [-0.4, -0.2) is 40.3 Å². The molecule has 14 aromatic carbocycles. The van der Waals surface area contributed by atoms with Crippen LogP contribution in [0, 0.1) is 27.7 Å². The Morgan fingerprint density at radius 1 is 0.381 bits per heavy atom. The minimum absolute atomic E-state index is 0.333. The number of hydrogen-bond acceptors (Lipinski definition) is 6. The van der Waals surface area contributed by atoms with Crippen molar-refractivity contribution in [3.8, 4) is 45.1 Å². The number of halogens is 9. The van der Waals surface area contributed by atoms with Crippen LogP contribution in [0.4, 0.5) is 30.2 Å². The van der Waals surface area contributed by atoms with Gasteiger partial charge in [0.05, 0.1) is 45.4 Å². The molecule has 1 radical (unpaired) electrons. The molecule has 0 atom stereocenters. The van der Waals surface area contributed by atoms with E-state index in [1.54, 1.807) is 12.1 Å². The molecular weight excluding hydrogens is 1830 g/mol. The minimum Gasteiger partial charge on any atom is -0.537 e. The van der Waals surface area contributed by atoms with Gasteiger partial charge in [-0.15, -0.1) is 0 Å². The lowest BCUT2D eigenvalue weighted by molar-refractivity contribution is -0.0548. The maximum absolute atomic E-state index is 12.8. The molecule has 17 rings (SSSR count). The van der Waals surface area contributed by atoms with Crippen LogP contribution in [0.2, 0.25) is 0 Å². The third-order valence-corrected chi connectivity index (χ3v) is 24.3. The zero-order valence-corrected chi connectivity index (χ0v) is 71.8. The largest absolute Gasteiger partial charge is 0.569 e. The maximum atomic E-state index is 12.8. The highest BCUT2D eigenvalue weighted by Gasteiger charge is 2.47. The molecule has 0 amide bonds. The van der Waals surface area contributed by atoms with Gasteiger partial charge in [-0.3, -0.25) is 4.18 Å². The number of fused-ring (bicyclic) bond motifs is 9. The van der Waals surface area contributed by atoms with E-state index < -0.39 is 22.2 Å². The van der Waals surface area contributed by atoms with E-state index in [0.29, 0.717) is 19.0 Å².